The second-order valence-electron chi connectivity index (χ2n) is 6.08. The molecule has 0 aliphatic carbocycles. The highest BCUT2D eigenvalue weighted by atomic mass is 16.1. The number of hydrogen-bond donors (Lipinski definition) is 1. The van der Waals surface area contributed by atoms with Crippen LogP contribution in [-0.2, 0) is 0 Å². The molecule has 1 fully saturated rings. The van der Waals surface area contributed by atoms with Crippen molar-refractivity contribution in [2.24, 2.45) is 5.92 Å². The molecule has 1 amide bonds. The normalized spacial score (nSPS) is 18.7. The zero-order valence-corrected chi connectivity index (χ0v) is 13.2. The molecule has 0 radical (unpaired) electrons. The number of piperazine rings is 1. The summed E-state index contributed by atoms with van der Waals surface area (Å²) in [6.45, 7) is 9.44. The molecule has 1 unspecified atom stereocenters. The van der Waals surface area contributed by atoms with Gasteiger partial charge in [-0.2, -0.15) is 0 Å². The fourth-order valence-electron chi connectivity index (χ4n) is 2.72. The Balaban J connectivity index is 1.90. The van der Waals surface area contributed by atoms with E-state index >= 15 is 0 Å². The van der Waals surface area contributed by atoms with Crippen LogP contribution in [0.1, 0.15) is 24.3 Å². The Hall–Kier alpha value is -1.46. The van der Waals surface area contributed by atoms with Crippen molar-refractivity contribution in [1.82, 2.24) is 20.1 Å². The summed E-state index contributed by atoms with van der Waals surface area (Å²) in [4.78, 5) is 21.0. The van der Waals surface area contributed by atoms with Crippen molar-refractivity contribution in [2.45, 2.75) is 19.9 Å². The fourth-order valence-corrected chi connectivity index (χ4v) is 2.72. The van der Waals surface area contributed by atoms with Crippen molar-refractivity contribution < 1.29 is 4.79 Å². The maximum Gasteiger partial charge on any atom is 0.269 e. The third kappa shape index (κ3) is 4.51. The SMILES string of the molecule is CC(C)C(CNC(=O)c1ccccn1)N1CCN(C)CC1. The summed E-state index contributed by atoms with van der Waals surface area (Å²) >= 11 is 0. The van der Waals surface area contributed by atoms with Crippen LogP contribution in [0.2, 0.25) is 0 Å². The first-order valence-corrected chi connectivity index (χ1v) is 7.69. The predicted molar refractivity (Wildman–Crippen MR) is 84.3 cm³/mol. The topological polar surface area (TPSA) is 48.5 Å². The second kappa shape index (κ2) is 7.52. The number of amides is 1. The Morgan fingerprint density at radius 1 is 1.29 bits per heavy atom. The zero-order valence-electron chi connectivity index (χ0n) is 13.2. The lowest BCUT2D eigenvalue weighted by Gasteiger charge is -2.39. The number of likely N-dealkylation sites (N-methyl/N-ethyl adjacent to an activating group) is 1. The van der Waals surface area contributed by atoms with Gasteiger partial charge in [-0.3, -0.25) is 14.7 Å². The van der Waals surface area contributed by atoms with Crippen LogP contribution in [0.5, 0.6) is 0 Å². The molecule has 1 aliphatic rings. The smallest absolute Gasteiger partial charge is 0.269 e. The highest BCUT2D eigenvalue weighted by Gasteiger charge is 2.25. The number of hydrogen-bond acceptors (Lipinski definition) is 4. The van der Waals surface area contributed by atoms with Crippen LogP contribution in [-0.4, -0.2) is 66.5 Å². The van der Waals surface area contributed by atoms with Crippen LogP contribution < -0.4 is 5.32 Å². The molecule has 1 N–H and O–H groups in total. The van der Waals surface area contributed by atoms with E-state index in [2.05, 4.69) is 41.0 Å². The summed E-state index contributed by atoms with van der Waals surface area (Å²) in [7, 11) is 2.16. The van der Waals surface area contributed by atoms with Gasteiger partial charge in [-0.15, -0.1) is 0 Å². The predicted octanol–water partition coefficient (Wildman–Crippen LogP) is 1.08. The van der Waals surface area contributed by atoms with Crippen LogP contribution >= 0.6 is 0 Å². The number of aromatic nitrogens is 1. The van der Waals surface area contributed by atoms with E-state index in [4.69, 9.17) is 0 Å². The third-order valence-electron chi connectivity index (χ3n) is 4.15. The Bertz CT molecular complexity index is 441. The standard InChI is InChI=1S/C16H26N4O/c1-13(2)15(20-10-8-19(3)9-11-20)12-18-16(21)14-6-4-5-7-17-14/h4-7,13,15H,8-12H2,1-3H3,(H,18,21). The molecule has 5 heteroatoms. The van der Waals surface area contributed by atoms with Crippen LogP contribution in [0.25, 0.3) is 0 Å². The van der Waals surface area contributed by atoms with Gasteiger partial charge >= 0.3 is 0 Å². The molecule has 21 heavy (non-hydrogen) atoms. The molecule has 5 nitrogen and oxygen atoms in total. The molecular formula is C16H26N4O. The monoisotopic (exact) mass is 290 g/mol. The van der Waals surface area contributed by atoms with Gasteiger partial charge in [-0.1, -0.05) is 19.9 Å². The van der Waals surface area contributed by atoms with Crippen LogP contribution in [0, 0.1) is 5.92 Å². The van der Waals surface area contributed by atoms with Gasteiger partial charge in [-0.05, 0) is 25.1 Å². The van der Waals surface area contributed by atoms with Gasteiger partial charge in [0.1, 0.15) is 5.69 Å². The van der Waals surface area contributed by atoms with Gasteiger partial charge in [0.05, 0.1) is 0 Å². The molecule has 1 aromatic rings. The minimum atomic E-state index is -0.0876. The molecular weight excluding hydrogens is 264 g/mol. The molecule has 1 aliphatic heterocycles. The minimum absolute atomic E-state index is 0.0876. The molecule has 0 aromatic carbocycles. The Morgan fingerprint density at radius 3 is 2.57 bits per heavy atom. The van der Waals surface area contributed by atoms with Crippen molar-refractivity contribution in [2.75, 3.05) is 39.8 Å². The van der Waals surface area contributed by atoms with Crippen LogP contribution in [0.3, 0.4) is 0 Å². The largest absolute Gasteiger partial charge is 0.349 e. The molecule has 116 valence electrons. The van der Waals surface area contributed by atoms with Gasteiger partial charge < -0.3 is 10.2 Å². The van der Waals surface area contributed by atoms with Gasteiger partial charge in [-0.25, -0.2) is 0 Å². The van der Waals surface area contributed by atoms with Gasteiger partial charge in [0.15, 0.2) is 0 Å². The molecule has 2 heterocycles. The minimum Gasteiger partial charge on any atom is -0.349 e. The van der Waals surface area contributed by atoms with Gasteiger partial charge in [0, 0.05) is 45.0 Å². The number of nitrogens with one attached hydrogen (secondary N) is 1. The number of rotatable bonds is 5. The van der Waals surface area contributed by atoms with E-state index in [1.165, 1.54) is 0 Å². The van der Waals surface area contributed by atoms with Crippen LogP contribution in [0.4, 0.5) is 0 Å². The summed E-state index contributed by atoms with van der Waals surface area (Å²) < 4.78 is 0. The molecule has 0 saturated carbocycles. The zero-order chi connectivity index (χ0) is 15.2. The van der Waals surface area contributed by atoms with E-state index in [0.717, 1.165) is 26.2 Å². The molecule has 1 atom stereocenters. The average molecular weight is 290 g/mol. The summed E-state index contributed by atoms with van der Waals surface area (Å²) in [5.74, 6) is 0.424. The first-order valence-electron chi connectivity index (χ1n) is 7.69. The second-order valence-corrected chi connectivity index (χ2v) is 6.08. The van der Waals surface area contributed by atoms with E-state index in [9.17, 15) is 4.79 Å². The maximum absolute atomic E-state index is 12.1. The van der Waals surface area contributed by atoms with E-state index < -0.39 is 0 Å². The van der Waals surface area contributed by atoms with Crippen molar-refractivity contribution in [1.29, 1.82) is 0 Å². The quantitative estimate of drug-likeness (QED) is 0.882. The van der Waals surface area contributed by atoms with Crippen molar-refractivity contribution in [3.63, 3.8) is 0 Å². The lowest BCUT2D eigenvalue weighted by molar-refractivity contribution is 0.0788. The maximum atomic E-state index is 12.1. The fraction of sp³-hybridized carbons (Fsp3) is 0.625. The highest BCUT2D eigenvalue weighted by Crippen LogP contribution is 2.13. The first kappa shape index (κ1) is 15.9. The van der Waals surface area contributed by atoms with E-state index in [1.807, 2.05) is 12.1 Å². The summed E-state index contributed by atoms with van der Waals surface area (Å²) in [5.41, 5.74) is 0.485. The number of carbonyl (C=O) groups excluding carboxylic acids is 1. The van der Waals surface area contributed by atoms with Crippen molar-refractivity contribution in [3.05, 3.63) is 30.1 Å². The lowest BCUT2D eigenvalue weighted by Crippen LogP contribution is -2.54. The first-order chi connectivity index (χ1) is 10.1. The van der Waals surface area contributed by atoms with Crippen molar-refractivity contribution >= 4 is 5.91 Å². The van der Waals surface area contributed by atoms with Crippen LogP contribution in [0.15, 0.2) is 24.4 Å². The summed E-state index contributed by atoms with van der Waals surface area (Å²) in [6, 6.07) is 5.78. The average Bonchev–Trinajstić information content (AvgIpc) is 2.49. The Morgan fingerprint density at radius 2 is 2.00 bits per heavy atom. The third-order valence-corrected chi connectivity index (χ3v) is 4.15. The summed E-state index contributed by atoms with van der Waals surface area (Å²) in [5, 5.41) is 3.03. The van der Waals surface area contributed by atoms with Gasteiger partial charge in [0.25, 0.3) is 5.91 Å². The Labute approximate surface area is 127 Å². The number of pyridine rings is 1. The van der Waals surface area contributed by atoms with E-state index in [1.54, 1.807) is 12.3 Å². The van der Waals surface area contributed by atoms with E-state index in [-0.39, 0.29) is 5.91 Å². The Kier molecular flexibility index (Phi) is 5.70. The molecule has 1 aromatic heterocycles. The molecule has 0 bridgehead atoms. The molecule has 1 saturated heterocycles. The molecule has 0 spiro atoms. The molecule has 2 rings (SSSR count). The van der Waals surface area contributed by atoms with Gasteiger partial charge in [0.2, 0.25) is 0 Å². The van der Waals surface area contributed by atoms with Crippen molar-refractivity contribution in [3.8, 4) is 0 Å². The number of nitrogens with zero attached hydrogens (tertiary/aromatic N) is 3. The highest BCUT2D eigenvalue weighted by molar-refractivity contribution is 5.92. The lowest BCUT2D eigenvalue weighted by atomic mass is 10.0. The van der Waals surface area contributed by atoms with E-state index in [0.29, 0.717) is 24.2 Å². The summed E-state index contributed by atoms with van der Waals surface area (Å²) in [6.07, 6.45) is 1.65. The number of carbonyl (C=O) groups is 1.